The molecule has 11 heteroatoms. The minimum Gasteiger partial charge on any atom is -0.462 e. The average Bonchev–Trinajstić information content (AvgIpc) is 3.85. The van der Waals surface area contributed by atoms with Gasteiger partial charge in [-0.15, -0.1) is 11.3 Å². The number of cyclic esters (lactones) is 1. The molecule has 4 aliphatic rings. The van der Waals surface area contributed by atoms with Crippen LogP contribution in [0.2, 0.25) is 0 Å². The minimum absolute atomic E-state index is 0.0371. The number of aryl methyl sites for hydroxylation is 1. The van der Waals surface area contributed by atoms with E-state index in [2.05, 4.69) is 50.4 Å². The molecule has 0 spiro atoms. The van der Waals surface area contributed by atoms with E-state index in [1.807, 2.05) is 19.9 Å². The molecule has 53 heavy (non-hydrogen) atoms. The number of benzene rings is 1. The first-order valence-corrected chi connectivity index (χ1v) is 20.5. The quantitative estimate of drug-likeness (QED) is 0.159. The van der Waals surface area contributed by atoms with Gasteiger partial charge < -0.3 is 33.7 Å². The highest BCUT2D eigenvalue weighted by molar-refractivity contribution is 7.15. The first kappa shape index (κ1) is 40.0. The summed E-state index contributed by atoms with van der Waals surface area (Å²) < 4.78 is 36.4. The largest absolute Gasteiger partial charge is 0.462 e. The summed E-state index contributed by atoms with van der Waals surface area (Å²) in [7, 11) is 4.97. The fourth-order valence-corrected chi connectivity index (χ4v) is 10.3. The Morgan fingerprint density at radius 2 is 1.83 bits per heavy atom. The number of allylic oxidation sites excluding steroid dienone is 2. The lowest BCUT2D eigenvalue weighted by Gasteiger charge is -2.37. The number of aromatic nitrogens is 1. The van der Waals surface area contributed by atoms with Gasteiger partial charge in [0.15, 0.2) is 17.2 Å². The van der Waals surface area contributed by atoms with Crippen LogP contribution in [0.1, 0.15) is 107 Å². The molecule has 1 aliphatic heterocycles. The van der Waals surface area contributed by atoms with Crippen molar-refractivity contribution in [3.8, 4) is 0 Å². The summed E-state index contributed by atoms with van der Waals surface area (Å²) in [5.41, 5.74) is 3.94. The van der Waals surface area contributed by atoms with Gasteiger partial charge in [-0.2, -0.15) is 0 Å². The molecule has 0 bridgehead atoms. The van der Waals surface area contributed by atoms with E-state index >= 15 is 0 Å². The molecule has 0 radical (unpaired) electrons. The molecule has 1 aromatic heterocycles. The molecule has 6 rings (SSSR count). The zero-order chi connectivity index (χ0) is 37.8. The molecule has 1 saturated heterocycles. The lowest BCUT2D eigenvalue weighted by Crippen LogP contribution is -2.43. The minimum atomic E-state index is -0.673. The number of Topliss-reactive ketones (excluding diaryl/α,β-unsaturated/α-hetero) is 1. The van der Waals surface area contributed by atoms with E-state index in [0.29, 0.717) is 6.61 Å². The SMILES string of the molecule is CC[C@H]1CCCC[C@@H](C)C(=O)C2=CC3C(c4nc(Nc5cccc(C)c5)sc4C4C[C@@H](OC(OC(C)[C@@H](C)OC)[C@H](COC)OC)C[C@H]43)[C@@H]2CC(=O)O1. The number of hydrogen-bond donors (Lipinski definition) is 1. The summed E-state index contributed by atoms with van der Waals surface area (Å²) in [6.45, 7) is 10.5. The van der Waals surface area contributed by atoms with Crippen LogP contribution in [0.25, 0.3) is 0 Å². The molecule has 3 aliphatic carbocycles. The summed E-state index contributed by atoms with van der Waals surface area (Å²) in [5, 5.41) is 4.41. The predicted octanol–water partition coefficient (Wildman–Crippen LogP) is 8.26. The number of carbonyl (C=O) groups excluding carboxylic acids is 2. The zero-order valence-corrected chi connectivity index (χ0v) is 33.6. The Morgan fingerprint density at radius 1 is 1.04 bits per heavy atom. The number of carbonyl (C=O) groups is 2. The summed E-state index contributed by atoms with van der Waals surface area (Å²) in [6, 6.07) is 8.29. The molecule has 1 N–H and O–H groups in total. The third-order valence-corrected chi connectivity index (χ3v) is 13.3. The highest BCUT2D eigenvalue weighted by Crippen LogP contribution is 2.63. The molecular weight excluding hydrogens is 693 g/mol. The Morgan fingerprint density at radius 3 is 2.55 bits per heavy atom. The van der Waals surface area contributed by atoms with Gasteiger partial charge in [0.25, 0.3) is 0 Å². The van der Waals surface area contributed by atoms with E-state index in [9.17, 15) is 9.59 Å². The van der Waals surface area contributed by atoms with E-state index in [1.54, 1.807) is 32.7 Å². The monoisotopic (exact) mass is 752 g/mol. The number of esters is 1. The maximum absolute atomic E-state index is 14.3. The molecule has 12 atom stereocenters. The van der Waals surface area contributed by atoms with Crippen LogP contribution >= 0.6 is 11.3 Å². The van der Waals surface area contributed by atoms with Gasteiger partial charge in [0.05, 0.1) is 37.0 Å². The van der Waals surface area contributed by atoms with Gasteiger partial charge >= 0.3 is 5.97 Å². The molecular formula is C42H60N2O8S. The van der Waals surface area contributed by atoms with Crippen LogP contribution in [0.15, 0.2) is 35.9 Å². The second-order valence-corrected chi connectivity index (χ2v) is 16.8. The molecule has 2 aromatic rings. The number of ether oxygens (including phenoxy) is 6. The molecule has 1 aromatic carbocycles. The van der Waals surface area contributed by atoms with E-state index in [0.717, 1.165) is 72.6 Å². The Labute approximate surface area is 319 Å². The lowest BCUT2D eigenvalue weighted by atomic mass is 9.67. The number of thiazole rings is 1. The predicted molar refractivity (Wildman–Crippen MR) is 206 cm³/mol. The van der Waals surface area contributed by atoms with Crippen LogP contribution in [0, 0.1) is 30.6 Å². The fraction of sp³-hybridized carbons (Fsp3) is 0.690. The molecule has 1 saturated carbocycles. The van der Waals surface area contributed by atoms with Crippen molar-refractivity contribution in [2.75, 3.05) is 33.3 Å². The van der Waals surface area contributed by atoms with Crippen molar-refractivity contribution in [1.29, 1.82) is 0 Å². The van der Waals surface area contributed by atoms with E-state index in [-0.39, 0.29) is 78.1 Å². The van der Waals surface area contributed by atoms with E-state index < -0.39 is 12.4 Å². The van der Waals surface area contributed by atoms with Gasteiger partial charge in [0.1, 0.15) is 12.2 Å². The van der Waals surface area contributed by atoms with Crippen molar-refractivity contribution in [2.45, 2.75) is 135 Å². The van der Waals surface area contributed by atoms with Gasteiger partial charge in [-0.05, 0) is 94.4 Å². The summed E-state index contributed by atoms with van der Waals surface area (Å²) in [6.07, 6.45) is 6.59. The zero-order valence-electron chi connectivity index (χ0n) is 32.8. The first-order valence-electron chi connectivity index (χ1n) is 19.7. The van der Waals surface area contributed by atoms with E-state index in [4.69, 9.17) is 33.4 Å². The van der Waals surface area contributed by atoms with E-state index in [1.165, 1.54) is 4.88 Å². The standard InChI is InChI=1S/C42H60N2O8S/c1-9-28-16-11-10-14-24(3)39(46)33-20-31-30-18-29(52-41(35(49-8)22-47-6)50-26(5)25(4)48-7)19-34(30)40-38(37(31)32(33)21-36(45)51-28)44-42(53-40)43-27-15-12-13-23(2)17-27/h12-13,15,17,20,24-26,28-32,34-35,37,41H,9-11,14,16,18-19,21-22H2,1-8H3,(H,43,44)/t24-,25-,26?,28+,29+,30+,31?,32-,34?,35+,37?,41?/m1/s1. The van der Waals surface area contributed by atoms with Crippen molar-refractivity contribution >= 4 is 33.9 Å². The third kappa shape index (κ3) is 8.92. The maximum atomic E-state index is 14.3. The van der Waals surface area contributed by atoms with Crippen molar-refractivity contribution in [3.63, 3.8) is 0 Å². The van der Waals surface area contributed by atoms with Crippen molar-refractivity contribution < 1.29 is 38.0 Å². The molecule has 0 amide bonds. The first-order chi connectivity index (χ1) is 25.5. The number of anilines is 2. The van der Waals surface area contributed by atoms with Crippen LogP contribution in [-0.4, -0.2) is 81.5 Å². The van der Waals surface area contributed by atoms with Crippen molar-refractivity contribution in [3.05, 3.63) is 52.0 Å². The molecule has 2 fully saturated rings. The van der Waals surface area contributed by atoms with Crippen LogP contribution in [0.3, 0.4) is 0 Å². The smallest absolute Gasteiger partial charge is 0.306 e. The number of methoxy groups -OCH3 is 3. The Kier molecular flexibility index (Phi) is 13.5. The average molecular weight is 753 g/mol. The van der Waals surface area contributed by atoms with Gasteiger partial charge in [0.2, 0.25) is 0 Å². The number of nitrogens with zero attached hydrogens (tertiary/aromatic N) is 1. The van der Waals surface area contributed by atoms with Crippen LogP contribution < -0.4 is 5.32 Å². The normalized spacial score (nSPS) is 31.1. The Hall–Kier alpha value is -2.67. The molecule has 5 unspecified atom stereocenters. The number of rotatable bonds is 13. The van der Waals surface area contributed by atoms with Crippen LogP contribution in [-0.2, 0) is 38.0 Å². The highest BCUT2D eigenvalue weighted by Gasteiger charge is 2.56. The lowest BCUT2D eigenvalue weighted by molar-refractivity contribution is -0.255. The Bertz CT molecular complexity index is 1590. The molecule has 10 nitrogen and oxygen atoms in total. The summed E-state index contributed by atoms with van der Waals surface area (Å²) in [5.74, 6) is -0.155. The molecule has 292 valence electrons. The van der Waals surface area contributed by atoms with Crippen LogP contribution in [0.5, 0.6) is 0 Å². The van der Waals surface area contributed by atoms with Gasteiger partial charge in [-0.25, -0.2) is 4.98 Å². The number of nitrogens with one attached hydrogen (secondary N) is 1. The van der Waals surface area contributed by atoms with Gasteiger partial charge in [-0.3, -0.25) is 9.59 Å². The van der Waals surface area contributed by atoms with Crippen molar-refractivity contribution in [1.82, 2.24) is 4.98 Å². The summed E-state index contributed by atoms with van der Waals surface area (Å²) >= 11 is 1.69. The highest BCUT2D eigenvalue weighted by atomic mass is 32.1. The Balaban J connectivity index is 1.37. The van der Waals surface area contributed by atoms with Crippen molar-refractivity contribution in [2.24, 2.45) is 23.7 Å². The topological polar surface area (TPSA) is 114 Å². The number of fused-ring (bicyclic) bond motifs is 8. The van der Waals surface area contributed by atoms with Crippen LogP contribution in [0.4, 0.5) is 10.8 Å². The number of hydrogen-bond acceptors (Lipinski definition) is 11. The number of ketones is 1. The fourth-order valence-electron chi connectivity index (χ4n) is 9.10. The second kappa shape index (κ2) is 17.9. The van der Waals surface area contributed by atoms with Gasteiger partial charge in [0, 0.05) is 55.6 Å². The maximum Gasteiger partial charge on any atom is 0.306 e. The second-order valence-electron chi connectivity index (χ2n) is 15.7. The summed E-state index contributed by atoms with van der Waals surface area (Å²) in [4.78, 5) is 34.6. The van der Waals surface area contributed by atoms with Gasteiger partial charge in [-0.1, -0.05) is 38.5 Å². The third-order valence-electron chi connectivity index (χ3n) is 12.2. The molecule has 2 heterocycles.